The maximum atomic E-state index is 10.6. The Morgan fingerprint density at radius 2 is 2.25 bits per heavy atom. The number of carbonyl (C=O) groups is 2. The van der Waals surface area contributed by atoms with Crippen LogP contribution in [0.4, 0.5) is 0 Å². The van der Waals surface area contributed by atoms with E-state index in [-0.39, 0.29) is 18.7 Å². The standard InChI is InChI=1S/C7H11N3O2/c1-5(11)10-6(7(9)12)3-2-4-8/h6H,2-3H2,1H3,(H2,9,12)(H,10,11)/t6-/m1/s1. The minimum absolute atomic E-state index is 0.202. The fourth-order valence-corrected chi connectivity index (χ4v) is 0.740. The molecule has 66 valence electrons. The van der Waals surface area contributed by atoms with Gasteiger partial charge < -0.3 is 11.1 Å². The molecule has 0 bridgehead atoms. The Hall–Kier alpha value is -1.57. The highest BCUT2D eigenvalue weighted by molar-refractivity contribution is 5.85. The quantitative estimate of drug-likeness (QED) is 0.581. The average molecular weight is 169 g/mol. The molecule has 0 unspecified atom stereocenters. The monoisotopic (exact) mass is 169 g/mol. The lowest BCUT2D eigenvalue weighted by Gasteiger charge is -2.11. The van der Waals surface area contributed by atoms with Crippen molar-refractivity contribution < 1.29 is 9.59 Å². The zero-order valence-corrected chi connectivity index (χ0v) is 6.83. The summed E-state index contributed by atoms with van der Waals surface area (Å²) >= 11 is 0. The average Bonchev–Trinajstić information content (AvgIpc) is 1.96. The van der Waals surface area contributed by atoms with Crippen LogP contribution in [0.5, 0.6) is 0 Å². The van der Waals surface area contributed by atoms with Crippen molar-refractivity contribution in [3.63, 3.8) is 0 Å². The summed E-state index contributed by atoms with van der Waals surface area (Å²) in [7, 11) is 0. The van der Waals surface area contributed by atoms with Gasteiger partial charge in [-0.05, 0) is 6.42 Å². The van der Waals surface area contributed by atoms with Gasteiger partial charge in [0.15, 0.2) is 0 Å². The van der Waals surface area contributed by atoms with Gasteiger partial charge in [0.25, 0.3) is 0 Å². The molecule has 0 aliphatic heterocycles. The number of hydrogen-bond donors (Lipinski definition) is 2. The molecular weight excluding hydrogens is 158 g/mol. The molecule has 5 heteroatoms. The van der Waals surface area contributed by atoms with Crippen LogP contribution in [0.25, 0.3) is 0 Å². The number of primary amides is 1. The maximum absolute atomic E-state index is 10.6. The molecule has 0 heterocycles. The maximum Gasteiger partial charge on any atom is 0.240 e. The third kappa shape index (κ3) is 4.28. The summed E-state index contributed by atoms with van der Waals surface area (Å²) in [5.74, 6) is -0.933. The molecule has 0 spiro atoms. The Kier molecular flexibility index (Phi) is 4.46. The zero-order chi connectivity index (χ0) is 9.56. The van der Waals surface area contributed by atoms with Gasteiger partial charge >= 0.3 is 0 Å². The predicted octanol–water partition coefficient (Wildman–Crippen LogP) is -0.720. The van der Waals surface area contributed by atoms with Gasteiger partial charge in [0, 0.05) is 13.3 Å². The van der Waals surface area contributed by atoms with Gasteiger partial charge in [-0.25, -0.2) is 0 Å². The Morgan fingerprint density at radius 3 is 2.58 bits per heavy atom. The number of nitriles is 1. The van der Waals surface area contributed by atoms with Crippen molar-refractivity contribution in [1.29, 1.82) is 5.26 Å². The predicted molar refractivity (Wildman–Crippen MR) is 41.6 cm³/mol. The molecule has 12 heavy (non-hydrogen) atoms. The van der Waals surface area contributed by atoms with Crippen LogP contribution in [0, 0.1) is 11.3 Å². The zero-order valence-electron chi connectivity index (χ0n) is 6.83. The minimum Gasteiger partial charge on any atom is -0.368 e. The number of amides is 2. The van der Waals surface area contributed by atoms with Crippen molar-refractivity contribution in [3.05, 3.63) is 0 Å². The summed E-state index contributed by atoms with van der Waals surface area (Å²) in [5, 5.41) is 10.6. The van der Waals surface area contributed by atoms with E-state index in [0.29, 0.717) is 0 Å². The summed E-state index contributed by atoms with van der Waals surface area (Å²) < 4.78 is 0. The van der Waals surface area contributed by atoms with E-state index >= 15 is 0 Å². The lowest BCUT2D eigenvalue weighted by Crippen LogP contribution is -2.43. The fraction of sp³-hybridized carbons (Fsp3) is 0.571. The van der Waals surface area contributed by atoms with E-state index in [2.05, 4.69) is 5.32 Å². The van der Waals surface area contributed by atoms with Crippen LogP contribution >= 0.6 is 0 Å². The second kappa shape index (κ2) is 5.13. The summed E-state index contributed by atoms with van der Waals surface area (Å²) in [6.45, 7) is 1.29. The van der Waals surface area contributed by atoms with E-state index in [1.807, 2.05) is 6.07 Å². The first-order chi connectivity index (χ1) is 5.57. The molecule has 3 N–H and O–H groups in total. The number of nitrogens with two attached hydrogens (primary N) is 1. The summed E-state index contributed by atoms with van der Waals surface area (Å²) in [5.41, 5.74) is 4.96. The molecular formula is C7H11N3O2. The van der Waals surface area contributed by atoms with E-state index in [1.165, 1.54) is 6.92 Å². The van der Waals surface area contributed by atoms with Crippen molar-refractivity contribution in [3.8, 4) is 6.07 Å². The first-order valence-corrected chi connectivity index (χ1v) is 3.51. The molecule has 0 rings (SSSR count). The highest BCUT2D eigenvalue weighted by Gasteiger charge is 2.14. The Labute approximate surface area is 70.5 Å². The van der Waals surface area contributed by atoms with Crippen LogP contribution in [0.2, 0.25) is 0 Å². The molecule has 0 aromatic rings. The summed E-state index contributed by atoms with van der Waals surface area (Å²) in [6, 6.07) is 1.15. The van der Waals surface area contributed by atoms with E-state index in [0.717, 1.165) is 0 Å². The molecule has 0 saturated heterocycles. The molecule has 0 radical (unpaired) electrons. The van der Waals surface area contributed by atoms with Gasteiger partial charge in [-0.3, -0.25) is 9.59 Å². The second-order valence-electron chi connectivity index (χ2n) is 2.35. The van der Waals surface area contributed by atoms with E-state index in [9.17, 15) is 9.59 Å². The molecule has 2 amide bonds. The summed E-state index contributed by atoms with van der Waals surface area (Å²) in [6.07, 6.45) is 0.472. The van der Waals surface area contributed by atoms with Crippen molar-refractivity contribution in [2.45, 2.75) is 25.8 Å². The Balaban J connectivity index is 3.97. The van der Waals surface area contributed by atoms with Crippen LogP contribution in [0.15, 0.2) is 0 Å². The molecule has 1 atom stereocenters. The minimum atomic E-state index is -0.720. The van der Waals surface area contributed by atoms with Crippen LogP contribution in [0.1, 0.15) is 19.8 Å². The van der Waals surface area contributed by atoms with E-state index in [1.54, 1.807) is 0 Å². The molecule has 0 fully saturated rings. The first-order valence-electron chi connectivity index (χ1n) is 3.51. The third-order valence-corrected chi connectivity index (χ3v) is 1.27. The molecule has 0 aromatic heterocycles. The number of nitrogens with zero attached hydrogens (tertiary/aromatic N) is 1. The fourth-order valence-electron chi connectivity index (χ4n) is 0.740. The largest absolute Gasteiger partial charge is 0.368 e. The van der Waals surface area contributed by atoms with Crippen molar-refractivity contribution in [2.24, 2.45) is 5.73 Å². The summed E-state index contributed by atoms with van der Waals surface area (Å²) in [4.78, 5) is 21.2. The number of carbonyl (C=O) groups excluding carboxylic acids is 2. The topological polar surface area (TPSA) is 96.0 Å². The van der Waals surface area contributed by atoms with Crippen LogP contribution in [-0.2, 0) is 9.59 Å². The second-order valence-corrected chi connectivity index (χ2v) is 2.35. The van der Waals surface area contributed by atoms with Crippen molar-refractivity contribution in [1.82, 2.24) is 5.32 Å². The third-order valence-electron chi connectivity index (χ3n) is 1.27. The number of hydrogen-bond acceptors (Lipinski definition) is 3. The van der Waals surface area contributed by atoms with E-state index < -0.39 is 11.9 Å². The van der Waals surface area contributed by atoms with Crippen LogP contribution < -0.4 is 11.1 Å². The Morgan fingerprint density at radius 1 is 1.67 bits per heavy atom. The van der Waals surface area contributed by atoms with Gasteiger partial charge in [0.05, 0.1) is 6.07 Å². The van der Waals surface area contributed by atoms with Gasteiger partial charge in [-0.2, -0.15) is 5.26 Å². The number of nitrogens with one attached hydrogen (secondary N) is 1. The van der Waals surface area contributed by atoms with Crippen molar-refractivity contribution in [2.75, 3.05) is 0 Å². The molecule has 0 aliphatic rings. The van der Waals surface area contributed by atoms with Gasteiger partial charge in [0.1, 0.15) is 6.04 Å². The normalized spacial score (nSPS) is 11.3. The van der Waals surface area contributed by atoms with Gasteiger partial charge in [-0.15, -0.1) is 0 Å². The Bertz CT molecular complexity index is 219. The SMILES string of the molecule is CC(=O)N[C@H](CCC#N)C(N)=O. The lowest BCUT2D eigenvalue weighted by atomic mass is 10.1. The number of rotatable bonds is 4. The highest BCUT2D eigenvalue weighted by atomic mass is 16.2. The van der Waals surface area contributed by atoms with Crippen LogP contribution in [-0.4, -0.2) is 17.9 Å². The smallest absolute Gasteiger partial charge is 0.240 e. The molecule has 0 aliphatic carbocycles. The van der Waals surface area contributed by atoms with Crippen molar-refractivity contribution >= 4 is 11.8 Å². The highest BCUT2D eigenvalue weighted by Crippen LogP contribution is 1.94. The molecule has 5 nitrogen and oxygen atoms in total. The van der Waals surface area contributed by atoms with Crippen LogP contribution in [0.3, 0.4) is 0 Å². The first kappa shape index (κ1) is 10.4. The van der Waals surface area contributed by atoms with Gasteiger partial charge in [0.2, 0.25) is 11.8 Å². The molecule has 0 saturated carbocycles. The lowest BCUT2D eigenvalue weighted by molar-refractivity contribution is -0.126. The van der Waals surface area contributed by atoms with Gasteiger partial charge in [-0.1, -0.05) is 0 Å². The molecule has 0 aromatic carbocycles. The van der Waals surface area contributed by atoms with E-state index in [4.69, 9.17) is 11.0 Å².